The number of benzene rings is 1. The zero-order valence-corrected chi connectivity index (χ0v) is 13.6. The molecule has 2 unspecified atom stereocenters. The third kappa shape index (κ3) is 2.95. The summed E-state index contributed by atoms with van der Waals surface area (Å²) < 4.78 is 7.30. The van der Waals surface area contributed by atoms with Crippen molar-refractivity contribution >= 4 is 0 Å². The van der Waals surface area contributed by atoms with E-state index in [0.717, 1.165) is 23.4 Å². The molecule has 0 spiro atoms. The standard InChI is InChI=1S/C17H25N3O/c1-6-16(18)17(14-7-9-15(21-5)10-8-14)20-13(4)11(2)12(3)19-20/h7-10,16-17H,6,18H2,1-5H3. The van der Waals surface area contributed by atoms with Gasteiger partial charge in [0.25, 0.3) is 0 Å². The average Bonchev–Trinajstić information content (AvgIpc) is 2.75. The van der Waals surface area contributed by atoms with Crippen LogP contribution in [0.5, 0.6) is 5.75 Å². The van der Waals surface area contributed by atoms with Crippen molar-refractivity contribution in [3.8, 4) is 5.75 Å². The van der Waals surface area contributed by atoms with Gasteiger partial charge in [-0.1, -0.05) is 19.1 Å². The number of aryl methyl sites for hydroxylation is 1. The van der Waals surface area contributed by atoms with E-state index in [1.807, 2.05) is 19.1 Å². The van der Waals surface area contributed by atoms with E-state index < -0.39 is 0 Å². The van der Waals surface area contributed by atoms with Crippen LogP contribution in [0.2, 0.25) is 0 Å². The van der Waals surface area contributed by atoms with Gasteiger partial charge in [0, 0.05) is 11.7 Å². The molecule has 2 atom stereocenters. The summed E-state index contributed by atoms with van der Waals surface area (Å²) in [6, 6.07) is 8.17. The summed E-state index contributed by atoms with van der Waals surface area (Å²) in [5.74, 6) is 0.854. The van der Waals surface area contributed by atoms with Gasteiger partial charge in [-0.2, -0.15) is 5.10 Å². The number of aromatic nitrogens is 2. The highest BCUT2D eigenvalue weighted by molar-refractivity contribution is 5.32. The van der Waals surface area contributed by atoms with Crippen molar-refractivity contribution in [2.24, 2.45) is 5.73 Å². The molecular weight excluding hydrogens is 262 g/mol. The third-order valence-electron chi connectivity index (χ3n) is 4.28. The number of nitrogens with two attached hydrogens (primary N) is 1. The fourth-order valence-corrected chi connectivity index (χ4v) is 2.61. The predicted octanol–water partition coefficient (Wildman–Crippen LogP) is 3.14. The lowest BCUT2D eigenvalue weighted by Crippen LogP contribution is -2.33. The molecular formula is C17H25N3O. The molecule has 0 fully saturated rings. The molecule has 0 amide bonds. The second kappa shape index (κ2) is 6.31. The van der Waals surface area contributed by atoms with Gasteiger partial charge < -0.3 is 10.5 Å². The van der Waals surface area contributed by atoms with Crippen molar-refractivity contribution in [2.45, 2.75) is 46.2 Å². The summed E-state index contributed by atoms with van der Waals surface area (Å²) in [6.45, 7) is 8.37. The monoisotopic (exact) mass is 287 g/mol. The van der Waals surface area contributed by atoms with Gasteiger partial charge in [0.15, 0.2) is 0 Å². The molecule has 2 N–H and O–H groups in total. The highest BCUT2D eigenvalue weighted by Gasteiger charge is 2.24. The van der Waals surface area contributed by atoms with E-state index in [1.165, 1.54) is 11.3 Å². The Hall–Kier alpha value is -1.81. The average molecular weight is 287 g/mol. The first-order valence-corrected chi connectivity index (χ1v) is 7.41. The topological polar surface area (TPSA) is 53.1 Å². The second-order valence-electron chi connectivity index (χ2n) is 5.53. The van der Waals surface area contributed by atoms with Gasteiger partial charge in [-0.25, -0.2) is 0 Å². The fourth-order valence-electron chi connectivity index (χ4n) is 2.61. The lowest BCUT2D eigenvalue weighted by atomic mass is 9.97. The quantitative estimate of drug-likeness (QED) is 0.919. The lowest BCUT2D eigenvalue weighted by molar-refractivity contribution is 0.407. The Balaban J connectivity index is 2.49. The number of methoxy groups -OCH3 is 1. The molecule has 1 aromatic carbocycles. The Morgan fingerprint density at radius 2 is 1.81 bits per heavy atom. The molecule has 21 heavy (non-hydrogen) atoms. The van der Waals surface area contributed by atoms with Crippen LogP contribution in [0, 0.1) is 20.8 Å². The van der Waals surface area contributed by atoms with Crippen molar-refractivity contribution in [1.82, 2.24) is 9.78 Å². The SMILES string of the molecule is CCC(N)C(c1ccc(OC)cc1)n1nc(C)c(C)c1C. The van der Waals surface area contributed by atoms with Crippen LogP contribution in [-0.2, 0) is 0 Å². The van der Waals surface area contributed by atoms with E-state index in [0.29, 0.717) is 0 Å². The first-order chi connectivity index (χ1) is 9.99. The summed E-state index contributed by atoms with van der Waals surface area (Å²) in [6.07, 6.45) is 0.897. The van der Waals surface area contributed by atoms with Crippen LogP contribution in [0.1, 0.15) is 41.9 Å². The first-order valence-electron chi connectivity index (χ1n) is 7.41. The van der Waals surface area contributed by atoms with E-state index in [2.05, 4.69) is 37.6 Å². The predicted molar refractivity (Wildman–Crippen MR) is 85.8 cm³/mol. The minimum Gasteiger partial charge on any atom is -0.497 e. The number of nitrogens with zero attached hydrogens (tertiary/aromatic N) is 2. The Kier molecular flexibility index (Phi) is 4.68. The van der Waals surface area contributed by atoms with Crippen molar-refractivity contribution in [1.29, 1.82) is 0 Å². The van der Waals surface area contributed by atoms with Crippen LogP contribution in [0.15, 0.2) is 24.3 Å². The lowest BCUT2D eigenvalue weighted by Gasteiger charge is -2.25. The molecule has 0 saturated carbocycles. The van der Waals surface area contributed by atoms with Crippen LogP contribution in [-0.4, -0.2) is 22.9 Å². The third-order valence-corrected chi connectivity index (χ3v) is 4.28. The maximum Gasteiger partial charge on any atom is 0.118 e. The summed E-state index contributed by atoms with van der Waals surface area (Å²) in [5.41, 5.74) is 11.0. The number of hydrogen-bond acceptors (Lipinski definition) is 3. The largest absolute Gasteiger partial charge is 0.497 e. The molecule has 0 radical (unpaired) electrons. The molecule has 1 heterocycles. The second-order valence-corrected chi connectivity index (χ2v) is 5.53. The molecule has 4 nitrogen and oxygen atoms in total. The Labute approximate surface area is 126 Å². The molecule has 114 valence electrons. The summed E-state index contributed by atoms with van der Waals surface area (Å²) in [7, 11) is 1.68. The van der Waals surface area contributed by atoms with E-state index in [4.69, 9.17) is 15.6 Å². The van der Waals surface area contributed by atoms with Gasteiger partial charge in [0.05, 0.1) is 18.8 Å². The normalized spacial score (nSPS) is 14.0. The van der Waals surface area contributed by atoms with Crippen LogP contribution in [0.3, 0.4) is 0 Å². The zero-order valence-electron chi connectivity index (χ0n) is 13.6. The van der Waals surface area contributed by atoms with Crippen molar-refractivity contribution in [3.63, 3.8) is 0 Å². The Bertz CT molecular complexity index is 601. The van der Waals surface area contributed by atoms with E-state index in [-0.39, 0.29) is 12.1 Å². The fraction of sp³-hybridized carbons (Fsp3) is 0.471. The van der Waals surface area contributed by atoms with Crippen LogP contribution < -0.4 is 10.5 Å². The zero-order chi connectivity index (χ0) is 15.6. The van der Waals surface area contributed by atoms with Gasteiger partial charge in [-0.05, 0) is 50.5 Å². The van der Waals surface area contributed by atoms with Crippen LogP contribution >= 0.6 is 0 Å². The van der Waals surface area contributed by atoms with Gasteiger partial charge in [-0.3, -0.25) is 4.68 Å². The maximum atomic E-state index is 6.39. The summed E-state index contributed by atoms with van der Waals surface area (Å²) >= 11 is 0. The van der Waals surface area contributed by atoms with E-state index >= 15 is 0 Å². The van der Waals surface area contributed by atoms with Crippen LogP contribution in [0.25, 0.3) is 0 Å². The number of ether oxygens (including phenoxy) is 1. The Morgan fingerprint density at radius 1 is 1.19 bits per heavy atom. The van der Waals surface area contributed by atoms with Gasteiger partial charge in [-0.15, -0.1) is 0 Å². The number of rotatable bonds is 5. The molecule has 2 rings (SSSR count). The molecule has 1 aromatic heterocycles. The highest BCUT2D eigenvalue weighted by Crippen LogP contribution is 2.27. The maximum absolute atomic E-state index is 6.39. The minimum absolute atomic E-state index is 0.0239. The van der Waals surface area contributed by atoms with Crippen molar-refractivity contribution < 1.29 is 4.74 Å². The van der Waals surface area contributed by atoms with Crippen molar-refractivity contribution in [3.05, 3.63) is 46.8 Å². The summed E-state index contributed by atoms with van der Waals surface area (Å²) in [5, 5.41) is 4.70. The molecule has 0 bridgehead atoms. The van der Waals surface area contributed by atoms with Crippen LogP contribution in [0.4, 0.5) is 0 Å². The molecule has 0 saturated heterocycles. The molecule has 2 aromatic rings. The van der Waals surface area contributed by atoms with Gasteiger partial charge in [0.2, 0.25) is 0 Å². The minimum atomic E-state index is 0.0239. The smallest absolute Gasteiger partial charge is 0.118 e. The van der Waals surface area contributed by atoms with E-state index in [1.54, 1.807) is 7.11 Å². The van der Waals surface area contributed by atoms with Gasteiger partial charge >= 0.3 is 0 Å². The van der Waals surface area contributed by atoms with Crippen molar-refractivity contribution in [2.75, 3.05) is 7.11 Å². The molecule has 0 aliphatic heterocycles. The molecule has 0 aliphatic rings. The Morgan fingerprint density at radius 3 is 2.24 bits per heavy atom. The highest BCUT2D eigenvalue weighted by atomic mass is 16.5. The summed E-state index contributed by atoms with van der Waals surface area (Å²) in [4.78, 5) is 0. The molecule has 0 aliphatic carbocycles. The molecule has 4 heteroatoms. The first kappa shape index (κ1) is 15.6. The van der Waals surface area contributed by atoms with Gasteiger partial charge in [0.1, 0.15) is 5.75 Å². The van der Waals surface area contributed by atoms with E-state index in [9.17, 15) is 0 Å². The number of hydrogen-bond donors (Lipinski definition) is 1.